The zero-order valence-electron chi connectivity index (χ0n) is 4.68. The van der Waals surface area contributed by atoms with Crippen molar-refractivity contribution >= 4 is 5.91 Å². The first-order valence-electron chi connectivity index (χ1n) is 2.01. The summed E-state index contributed by atoms with van der Waals surface area (Å²) < 4.78 is 0. The minimum atomic E-state index is -0.447. The first-order chi connectivity index (χ1) is 3.18. The second kappa shape index (κ2) is 5.11. The maximum absolute atomic E-state index is 10.2. The van der Waals surface area contributed by atoms with Crippen molar-refractivity contribution in [1.82, 2.24) is 5.32 Å². The number of carbonyl (C=O) groups excluding carboxylic acids is 1. The fourth-order valence-electron chi connectivity index (χ4n) is 0.161. The third-order valence-corrected chi connectivity index (χ3v) is 0.588. The van der Waals surface area contributed by atoms with E-state index in [4.69, 9.17) is 5.73 Å². The van der Waals surface area contributed by atoms with Gasteiger partial charge in [0.2, 0.25) is 5.91 Å². The van der Waals surface area contributed by atoms with Crippen LogP contribution in [0.5, 0.6) is 0 Å². The first kappa shape index (κ1) is 10.9. The van der Waals surface area contributed by atoms with E-state index in [2.05, 4.69) is 12.4 Å². The topological polar surface area (TPSA) is 55.1 Å². The molecule has 0 aliphatic carbocycles. The normalized spacial score (nSPS) is 11.4. The van der Waals surface area contributed by atoms with E-state index in [9.17, 15) is 4.79 Å². The van der Waals surface area contributed by atoms with Crippen LogP contribution >= 0.6 is 0 Å². The minimum Gasteiger partial charge on any atom is -0.507 e. The fourth-order valence-corrected chi connectivity index (χ4v) is 0.161. The van der Waals surface area contributed by atoms with E-state index in [1.165, 1.54) is 0 Å². The van der Waals surface area contributed by atoms with E-state index < -0.39 is 6.04 Å². The van der Waals surface area contributed by atoms with Gasteiger partial charge in [0.1, 0.15) is 0 Å². The van der Waals surface area contributed by atoms with Crippen LogP contribution in [0.15, 0.2) is 0 Å². The summed E-state index contributed by atoms with van der Waals surface area (Å²) in [6.07, 6.45) is 0. The van der Waals surface area contributed by atoms with Gasteiger partial charge >= 0.3 is 0 Å². The molecule has 0 saturated heterocycles. The van der Waals surface area contributed by atoms with Crippen molar-refractivity contribution in [1.29, 1.82) is 0 Å². The third-order valence-electron chi connectivity index (χ3n) is 0.588. The van der Waals surface area contributed by atoms with E-state index >= 15 is 0 Å². The zero-order chi connectivity index (χ0) is 5.86. The Kier molecular flexibility index (Phi) is 6.93. The van der Waals surface area contributed by atoms with Crippen LogP contribution in [-0.4, -0.2) is 11.9 Å². The van der Waals surface area contributed by atoms with E-state index in [1.54, 1.807) is 6.92 Å². The van der Waals surface area contributed by atoms with Crippen LogP contribution in [0.1, 0.15) is 6.92 Å². The van der Waals surface area contributed by atoms with Gasteiger partial charge in [0, 0.05) is 17.4 Å². The Balaban J connectivity index is 0. The first-order valence-corrected chi connectivity index (χ1v) is 2.01. The maximum Gasteiger partial charge on any atom is 0.207 e. The molecular formula is C4H9CrN2O-. The Hall–Kier alpha value is -0.0375. The van der Waals surface area contributed by atoms with Gasteiger partial charge in [-0.25, -0.2) is 0 Å². The number of nitrogens with one attached hydrogen (secondary N) is 1. The summed E-state index contributed by atoms with van der Waals surface area (Å²) in [6.45, 7) is 1.60. The Labute approximate surface area is 59.8 Å². The molecule has 3 N–H and O–H groups in total. The van der Waals surface area contributed by atoms with Gasteiger partial charge in [-0.1, -0.05) is 0 Å². The number of hydrogen-bond acceptors (Lipinski definition) is 2. The Morgan fingerprint density at radius 3 is 2.25 bits per heavy atom. The van der Waals surface area contributed by atoms with Gasteiger partial charge < -0.3 is 11.1 Å². The Morgan fingerprint density at radius 2 is 2.25 bits per heavy atom. The number of carbonyl (C=O) groups is 1. The van der Waals surface area contributed by atoms with Gasteiger partial charge in [-0.2, -0.15) is 0 Å². The number of nitrogens with two attached hydrogens (primary N) is 1. The van der Waals surface area contributed by atoms with Gasteiger partial charge in [-0.05, 0) is 6.92 Å². The van der Waals surface area contributed by atoms with Crippen LogP contribution in [-0.2, 0) is 22.2 Å². The maximum atomic E-state index is 10.2. The van der Waals surface area contributed by atoms with E-state index in [-0.39, 0.29) is 23.3 Å². The molecule has 0 rings (SSSR count). The summed E-state index contributed by atoms with van der Waals surface area (Å²) in [4.78, 5) is 10.2. The third kappa shape index (κ3) is 4.13. The van der Waals surface area contributed by atoms with Crippen LogP contribution in [0.25, 0.3) is 0 Å². The standard InChI is InChI=1S/C4H9N2O.Cr/c1-3(5)4(7)6-2;/h3H,2,5H2,1H3,(H,6,7);/q-1;. The number of rotatable bonds is 1. The summed E-state index contributed by atoms with van der Waals surface area (Å²) in [7, 11) is 3.13. The van der Waals surface area contributed by atoms with Crippen molar-refractivity contribution in [3.63, 3.8) is 0 Å². The van der Waals surface area contributed by atoms with Gasteiger partial charge in [-0.3, -0.25) is 11.8 Å². The predicted octanol–water partition coefficient (Wildman–Crippen LogP) is -0.761. The molecule has 0 aliphatic rings. The molecule has 1 atom stereocenters. The second-order valence-electron chi connectivity index (χ2n) is 1.33. The molecule has 0 aliphatic heterocycles. The quantitative estimate of drug-likeness (QED) is 0.486. The van der Waals surface area contributed by atoms with Crippen molar-refractivity contribution in [2.45, 2.75) is 13.0 Å². The van der Waals surface area contributed by atoms with Gasteiger partial charge in [0.25, 0.3) is 0 Å². The van der Waals surface area contributed by atoms with Crippen molar-refractivity contribution in [3.05, 3.63) is 7.05 Å². The van der Waals surface area contributed by atoms with Crippen molar-refractivity contribution in [2.24, 2.45) is 5.73 Å². The molecule has 0 aromatic heterocycles. The summed E-state index contributed by atoms with van der Waals surface area (Å²) >= 11 is 0. The van der Waals surface area contributed by atoms with E-state index in [1.807, 2.05) is 0 Å². The molecule has 4 heteroatoms. The van der Waals surface area contributed by atoms with Gasteiger partial charge in [0.15, 0.2) is 0 Å². The molecule has 1 amide bonds. The molecule has 8 heavy (non-hydrogen) atoms. The number of amides is 1. The molecule has 0 bridgehead atoms. The largest absolute Gasteiger partial charge is 0.507 e. The molecule has 0 saturated carbocycles. The van der Waals surface area contributed by atoms with Crippen LogP contribution in [0.4, 0.5) is 0 Å². The molecule has 0 aromatic rings. The molecule has 1 unspecified atom stereocenters. The number of hydrogen-bond donors (Lipinski definition) is 2. The molecule has 0 aromatic carbocycles. The summed E-state index contributed by atoms with van der Waals surface area (Å²) in [5, 5.41) is 2.15. The fraction of sp³-hybridized carbons (Fsp3) is 0.500. The summed E-state index contributed by atoms with van der Waals surface area (Å²) in [6, 6.07) is -0.447. The summed E-state index contributed by atoms with van der Waals surface area (Å²) in [5.41, 5.74) is 5.09. The molecule has 0 radical (unpaired) electrons. The van der Waals surface area contributed by atoms with Gasteiger partial charge in [-0.15, -0.1) is 0 Å². The molecule has 0 spiro atoms. The second-order valence-corrected chi connectivity index (χ2v) is 1.33. The average molecular weight is 153 g/mol. The molecule has 0 heterocycles. The molecule has 48 valence electrons. The minimum absolute atomic E-state index is 0. The Morgan fingerprint density at radius 1 is 1.88 bits per heavy atom. The molecule has 0 fully saturated rings. The van der Waals surface area contributed by atoms with Gasteiger partial charge in [0.05, 0.1) is 6.04 Å². The molecule has 3 nitrogen and oxygen atoms in total. The summed E-state index contributed by atoms with van der Waals surface area (Å²) in [5.74, 6) is -0.236. The molecular weight excluding hydrogens is 144 g/mol. The van der Waals surface area contributed by atoms with Crippen LogP contribution in [0.2, 0.25) is 0 Å². The monoisotopic (exact) mass is 153 g/mol. The van der Waals surface area contributed by atoms with Crippen molar-refractivity contribution < 1.29 is 22.2 Å². The van der Waals surface area contributed by atoms with Crippen LogP contribution < -0.4 is 11.1 Å². The Bertz CT molecular complexity index is 74.4. The van der Waals surface area contributed by atoms with Crippen LogP contribution in [0, 0.1) is 7.05 Å². The van der Waals surface area contributed by atoms with Crippen molar-refractivity contribution in [2.75, 3.05) is 0 Å². The van der Waals surface area contributed by atoms with Crippen LogP contribution in [0.3, 0.4) is 0 Å². The zero-order valence-corrected chi connectivity index (χ0v) is 5.95. The predicted molar refractivity (Wildman–Crippen MR) is 27.1 cm³/mol. The van der Waals surface area contributed by atoms with E-state index in [0.29, 0.717) is 0 Å². The SMILES string of the molecule is [CH2-]NC(=O)C(C)N.[Cr]. The van der Waals surface area contributed by atoms with E-state index in [0.717, 1.165) is 0 Å². The van der Waals surface area contributed by atoms with Crippen molar-refractivity contribution in [3.8, 4) is 0 Å². The smallest absolute Gasteiger partial charge is 0.207 e. The average Bonchev–Trinajstić information content (AvgIpc) is 1.65.